The summed E-state index contributed by atoms with van der Waals surface area (Å²) in [4.78, 5) is 24.7. The van der Waals surface area contributed by atoms with Crippen molar-refractivity contribution in [1.29, 1.82) is 0 Å². The number of methoxy groups -OCH3 is 1. The molecule has 7 heteroatoms. The van der Waals surface area contributed by atoms with Crippen LogP contribution in [0.15, 0.2) is 65.6 Å². The lowest BCUT2D eigenvalue weighted by atomic mass is 10.2. The van der Waals surface area contributed by atoms with E-state index in [1.165, 1.54) is 7.11 Å². The number of hydrogen-bond acceptors (Lipinski definition) is 5. The fraction of sp³-hybridized carbons (Fsp3) is 0.300. The number of benzene rings is 2. The van der Waals surface area contributed by atoms with Gasteiger partial charge in [0.2, 0.25) is 5.91 Å². The van der Waals surface area contributed by atoms with E-state index in [1.54, 1.807) is 24.3 Å². The summed E-state index contributed by atoms with van der Waals surface area (Å²) >= 11 is 0. The molecule has 0 spiro atoms. The van der Waals surface area contributed by atoms with Crippen LogP contribution in [-0.4, -0.2) is 41.6 Å². The number of carbonyl (C=O) groups excluding carboxylic acids is 2. The minimum absolute atomic E-state index is 0.176. The molecule has 27 heavy (non-hydrogen) atoms. The molecule has 0 aliphatic rings. The highest BCUT2D eigenvalue weighted by Gasteiger charge is 2.22. The van der Waals surface area contributed by atoms with Crippen LogP contribution in [0.2, 0.25) is 0 Å². The number of carbonyl (C=O) groups is 2. The second kappa shape index (κ2) is 11.3. The first-order valence-electron chi connectivity index (χ1n) is 8.52. The largest absolute Gasteiger partial charge is 0.467 e. The van der Waals surface area contributed by atoms with Crippen LogP contribution in [0.25, 0.3) is 0 Å². The number of rotatable bonds is 10. The van der Waals surface area contributed by atoms with Gasteiger partial charge in [-0.1, -0.05) is 48.5 Å². The van der Waals surface area contributed by atoms with Gasteiger partial charge in [0.1, 0.15) is 12.6 Å². The molecule has 0 radical (unpaired) electrons. The van der Waals surface area contributed by atoms with Crippen molar-refractivity contribution in [2.75, 3.05) is 19.5 Å². The van der Waals surface area contributed by atoms with Crippen LogP contribution in [0, 0.1) is 0 Å². The molecular formula is C20H23NO5S. The molecule has 0 aliphatic heterocycles. The molecule has 1 amide bonds. The van der Waals surface area contributed by atoms with Crippen molar-refractivity contribution < 1.29 is 23.3 Å². The van der Waals surface area contributed by atoms with Crippen molar-refractivity contribution >= 4 is 22.7 Å². The summed E-state index contributed by atoms with van der Waals surface area (Å²) in [6.07, 6.45) is 0.207. The van der Waals surface area contributed by atoms with Gasteiger partial charge in [-0.15, -0.1) is 0 Å². The third-order valence-electron chi connectivity index (χ3n) is 3.76. The average Bonchev–Trinajstić information content (AvgIpc) is 2.71. The van der Waals surface area contributed by atoms with Crippen molar-refractivity contribution in [3.8, 4) is 0 Å². The van der Waals surface area contributed by atoms with Gasteiger partial charge in [0, 0.05) is 10.6 Å². The smallest absolute Gasteiger partial charge is 0.328 e. The van der Waals surface area contributed by atoms with E-state index in [0.29, 0.717) is 11.5 Å². The Bertz CT molecular complexity index is 751. The monoisotopic (exact) mass is 389 g/mol. The van der Waals surface area contributed by atoms with Gasteiger partial charge >= 0.3 is 5.97 Å². The Labute approximate surface area is 161 Å². The van der Waals surface area contributed by atoms with E-state index in [9.17, 15) is 13.8 Å². The minimum atomic E-state index is -1.26. The summed E-state index contributed by atoms with van der Waals surface area (Å²) in [5.41, 5.74) is 0.952. The number of nitrogens with one attached hydrogen (secondary N) is 1. The van der Waals surface area contributed by atoms with Crippen molar-refractivity contribution in [3.63, 3.8) is 0 Å². The zero-order valence-corrected chi connectivity index (χ0v) is 15.9. The number of ether oxygens (including phenoxy) is 2. The van der Waals surface area contributed by atoms with Gasteiger partial charge in [0.05, 0.1) is 24.5 Å². The van der Waals surface area contributed by atoms with Crippen LogP contribution in [0.5, 0.6) is 0 Å². The van der Waals surface area contributed by atoms with Crippen LogP contribution < -0.4 is 5.32 Å². The first-order valence-corrected chi connectivity index (χ1v) is 9.84. The van der Waals surface area contributed by atoms with Crippen LogP contribution >= 0.6 is 0 Å². The van der Waals surface area contributed by atoms with Gasteiger partial charge in [-0.2, -0.15) is 0 Å². The molecule has 0 bridgehead atoms. The predicted octanol–water partition coefficient (Wildman–Crippen LogP) is 2.06. The molecule has 1 N–H and O–H groups in total. The van der Waals surface area contributed by atoms with E-state index in [2.05, 4.69) is 5.32 Å². The maximum Gasteiger partial charge on any atom is 0.328 e. The van der Waals surface area contributed by atoms with E-state index in [0.717, 1.165) is 5.56 Å². The van der Waals surface area contributed by atoms with E-state index >= 15 is 0 Å². The first-order chi connectivity index (χ1) is 13.1. The highest BCUT2D eigenvalue weighted by molar-refractivity contribution is 7.85. The summed E-state index contributed by atoms with van der Waals surface area (Å²) in [5, 5.41) is 2.59. The molecule has 144 valence electrons. The molecular weight excluding hydrogens is 366 g/mol. The average molecular weight is 389 g/mol. The summed E-state index contributed by atoms with van der Waals surface area (Å²) in [7, 11) is -0.00640. The molecule has 0 saturated carbocycles. The molecule has 2 aromatic carbocycles. The molecule has 2 rings (SSSR count). The quantitative estimate of drug-likeness (QED) is 0.629. The maximum absolute atomic E-state index is 12.3. The summed E-state index contributed by atoms with van der Waals surface area (Å²) in [6.45, 7) is 0.124. The minimum Gasteiger partial charge on any atom is -0.467 e. The topological polar surface area (TPSA) is 81.7 Å². The molecule has 6 nitrogen and oxygen atoms in total. The van der Waals surface area contributed by atoms with E-state index in [4.69, 9.17) is 9.47 Å². The summed E-state index contributed by atoms with van der Waals surface area (Å²) in [6, 6.07) is 17.6. The summed E-state index contributed by atoms with van der Waals surface area (Å²) in [5.74, 6) is -0.766. The Hall–Kier alpha value is -2.51. The lowest BCUT2D eigenvalue weighted by Gasteiger charge is -2.16. The standard InChI is InChI=1S/C20H23NO5S/c1-25-20(23)18(12-13-27(24)17-10-6-3-7-11-17)21-19(22)15-26-14-16-8-4-2-5-9-16/h2-11,18H,12-15H2,1H3,(H,21,22)/t18-,27+/m0/s1. The van der Waals surface area contributed by atoms with Gasteiger partial charge in [-0.05, 0) is 24.1 Å². The van der Waals surface area contributed by atoms with E-state index < -0.39 is 28.7 Å². The predicted molar refractivity (Wildman–Crippen MR) is 102 cm³/mol. The second-order valence-electron chi connectivity index (χ2n) is 5.77. The van der Waals surface area contributed by atoms with Crippen molar-refractivity contribution in [3.05, 3.63) is 66.2 Å². The molecule has 0 aliphatic carbocycles. The van der Waals surface area contributed by atoms with Crippen LogP contribution in [0.1, 0.15) is 12.0 Å². The maximum atomic E-state index is 12.3. The Balaban J connectivity index is 1.81. The third-order valence-corrected chi connectivity index (χ3v) is 5.17. The molecule has 0 fully saturated rings. The molecule has 0 unspecified atom stereocenters. The van der Waals surface area contributed by atoms with E-state index in [1.807, 2.05) is 36.4 Å². The molecule has 0 aromatic heterocycles. The normalized spacial score (nSPS) is 12.8. The zero-order valence-electron chi connectivity index (χ0n) is 15.1. The Kier molecular flexibility index (Phi) is 8.67. The Morgan fingerprint density at radius 1 is 1.04 bits per heavy atom. The van der Waals surface area contributed by atoms with Crippen molar-refractivity contribution in [2.24, 2.45) is 0 Å². The number of hydrogen-bond donors (Lipinski definition) is 1. The number of amides is 1. The van der Waals surface area contributed by atoms with Gasteiger partial charge < -0.3 is 14.8 Å². The van der Waals surface area contributed by atoms with Gasteiger partial charge in [0.25, 0.3) is 0 Å². The fourth-order valence-electron chi connectivity index (χ4n) is 2.38. The van der Waals surface area contributed by atoms with E-state index in [-0.39, 0.29) is 18.8 Å². The third kappa shape index (κ3) is 7.32. The molecule has 2 aromatic rings. The first kappa shape index (κ1) is 20.8. The van der Waals surface area contributed by atoms with Gasteiger partial charge in [-0.25, -0.2) is 4.79 Å². The van der Waals surface area contributed by atoms with Crippen LogP contribution in [-0.2, 0) is 36.5 Å². The number of esters is 1. The SMILES string of the molecule is COC(=O)[C@H](CC[S@@](=O)c1ccccc1)NC(=O)COCc1ccccc1. The highest BCUT2D eigenvalue weighted by atomic mass is 32.2. The van der Waals surface area contributed by atoms with Crippen molar-refractivity contribution in [2.45, 2.75) is 24.0 Å². The lowest BCUT2D eigenvalue weighted by Crippen LogP contribution is -2.43. The summed E-state index contributed by atoms with van der Waals surface area (Å²) < 4.78 is 22.4. The highest BCUT2D eigenvalue weighted by Crippen LogP contribution is 2.08. The molecule has 2 atom stereocenters. The van der Waals surface area contributed by atoms with Crippen LogP contribution in [0.4, 0.5) is 0 Å². The Morgan fingerprint density at radius 2 is 1.67 bits per heavy atom. The van der Waals surface area contributed by atoms with Crippen LogP contribution in [0.3, 0.4) is 0 Å². The molecule has 0 heterocycles. The van der Waals surface area contributed by atoms with Gasteiger partial charge in [-0.3, -0.25) is 9.00 Å². The Morgan fingerprint density at radius 3 is 2.30 bits per heavy atom. The lowest BCUT2D eigenvalue weighted by molar-refractivity contribution is -0.145. The molecule has 0 saturated heterocycles. The second-order valence-corrected chi connectivity index (χ2v) is 7.34. The van der Waals surface area contributed by atoms with Gasteiger partial charge in [0.15, 0.2) is 0 Å². The van der Waals surface area contributed by atoms with Crippen molar-refractivity contribution in [1.82, 2.24) is 5.32 Å². The zero-order chi connectivity index (χ0) is 19.5. The fourth-order valence-corrected chi connectivity index (χ4v) is 3.52.